The first-order valence-electron chi connectivity index (χ1n) is 7.83. The van der Waals surface area contributed by atoms with Gasteiger partial charge in [0, 0.05) is 5.69 Å². The molecule has 0 aliphatic heterocycles. The van der Waals surface area contributed by atoms with E-state index >= 15 is 0 Å². The molecule has 0 saturated heterocycles. The molecular formula is C20H15NO2S2. The third kappa shape index (κ3) is 3.16. The fourth-order valence-electron chi connectivity index (χ4n) is 2.89. The molecule has 0 aliphatic carbocycles. The number of nitrogens with zero attached hydrogens (tertiary/aromatic N) is 1. The lowest BCUT2D eigenvalue weighted by Crippen LogP contribution is -2.01. The minimum absolute atomic E-state index is 0.0432. The van der Waals surface area contributed by atoms with E-state index in [0.717, 1.165) is 22.6 Å². The van der Waals surface area contributed by atoms with Crippen LogP contribution >= 0.6 is 22.7 Å². The molecule has 5 heteroatoms. The van der Waals surface area contributed by atoms with Crippen LogP contribution in [0, 0.1) is 0 Å². The van der Waals surface area contributed by atoms with Crippen molar-refractivity contribution in [3.8, 4) is 26.8 Å². The standard InChI is InChI=1S/C20H15NO2S2/c22-20(23)13-14-5-7-15(8-6-14)21-16(18-3-1-11-24-18)9-10-17(21)19-4-2-12-25-19/h1-12H,13H2,(H,22,23). The molecule has 0 atom stereocenters. The zero-order chi connectivity index (χ0) is 17.2. The van der Waals surface area contributed by atoms with Gasteiger partial charge in [0.1, 0.15) is 0 Å². The van der Waals surface area contributed by atoms with Crippen molar-refractivity contribution in [2.75, 3.05) is 0 Å². The fraction of sp³-hybridized carbons (Fsp3) is 0.0500. The summed E-state index contributed by atoms with van der Waals surface area (Å²) >= 11 is 3.42. The van der Waals surface area contributed by atoms with Crippen molar-refractivity contribution in [3.05, 3.63) is 77.0 Å². The number of thiophene rings is 2. The summed E-state index contributed by atoms with van der Waals surface area (Å²) < 4.78 is 2.24. The highest BCUT2D eigenvalue weighted by molar-refractivity contribution is 7.14. The van der Waals surface area contributed by atoms with Crippen LogP contribution < -0.4 is 0 Å². The number of hydrogen-bond acceptors (Lipinski definition) is 3. The summed E-state index contributed by atoms with van der Waals surface area (Å²) in [6, 6.07) is 20.4. The van der Waals surface area contributed by atoms with Gasteiger partial charge in [-0.1, -0.05) is 24.3 Å². The van der Waals surface area contributed by atoms with Gasteiger partial charge < -0.3 is 9.67 Å². The van der Waals surface area contributed by atoms with E-state index in [1.807, 2.05) is 24.3 Å². The van der Waals surface area contributed by atoms with E-state index in [1.54, 1.807) is 22.7 Å². The van der Waals surface area contributed by atoms with Crippen LogP contribution in [-0.4, -0.2) is 15.6 Å². The summed E-state index contributed by atoms with van der Waals surface area (Å²) in [7, 11) is 0. The van der Waals surface area contributed by atoms with Crippen molar-refractivity contribution < 1.29 is 9.90 Å². The minimum atomic E-state index is -0.813. The van der Waals surface area contributed by atoms with Gasteiger partial charge in [0.15, 0.2) is 0 Å². The second kappa shape index (κ2) is 6.70. The van der Waals surface area contributed by atoms with Crippen LogP contribution in [0.25, 0.3) is 26.8 Å². The van der Waals surface area contributed by atoms with Gasteiger partial charge in [-0.2, -0.15) is 0 Å². The SMILES string of the molecule is O=C(O)Cc1ccc(-n2c(-c3cccs3)ccc2-c2cccs2)cc1. The van der Waals surface area contributed by atoms with Crippen LogP contribution in [0.3, 0.4) is 0 Å². The molecule has 4 rings (SSSR count). The molecule has 0 fully saturated rings. The minimum Gasteiger partial charge on any atom is -0.481 e. The van der Waals surface area contributed by atoms with Crippen molar-refractivity contribution in [1.29, 1.82) is 0 Å². The number of carbonyl (C=O) groups is 1. The van der Waals surface area contributed by atoms with E-state index in [4.69, 9.17) is 5.11 Å². The summed E-state index contributed by atoms with van der Waals surface area (Å²) in [5, 5.41) is 13.1. The highest BCUT2D eigenvalue weighted by Crippen LogP contribution is 2.36. The maximum atomic E-state index is 10.9. The summed E-state index contributed by atoms with van der Waals surface area (Å²) in [6.07, 6.45) is 0.0432. The highest BCUT2D eigenvalue weighted by atomic mass is 32.1. The first kappa shape index (κ1) is 15.9. The zero-order valence-corrected chi connectivity index (χ0v) is 14.9. The predicted octanol–water partition coefficient (Wildman–Crippen LogP) is 5.56. The van der Waals surface area contributed by atoms with E-state index in [9.17, 15) is 4.79 Å². The fourth-order valence-corrected chi connectivity index (χ4v) is 4.37. The average Bonchev–Trinajstić information content (AvgIpc) is 3.34. The van der Waals surface area contributed by atoms with Crippen LogP contribution in [0.4, 0.5) is 0 Å². The smallest absolute Gasteiger partial charge is 0.307 e. The molecule has 3 heterocycles. The number of carboxylic acids is 1. The summed E-state index contributed by atoms with van der Waals surface area (Å²) in [4.78, 5) is 13.3. The Hall–Kier alpha value is -2.63. The quantitative estimate of drug-likeness (QED) is 0.503. The third-order valence-corrected chi connectivity index (χ3v) is 5.76. The Morgan fingerprint density at radius 1 is 0.840 bits per heavy atom. The Kier molecular flexibility index (Phi) is 4.26. The van der Waals surface area contributed by atoms with E-state index in [0.29, 0.717) is 0 Å². The van der Waals surface area contributed by atoms with Gasteiger partial charge in [0.25, 0.3) is 0 Å². The highest BCUT2D eigenvalue weighted by Gasteiger charge is 2.15. The summed E-state index contributed by atoms with van der Waals surface area (Å²) in [6.45, 7) is 0. The Bertz CT molecular complexity index is 929. The molecule has 124 valence electrons. The topological polar surface area (TPSA) is 42.2 Å². The van der Waals surface area contributed by atoms with E-state index in [1.165, 1.54) is 9.75 Å². The average molecular weight is 365 g/mol. The monoisotopic (exact) mass is 365 g/mol. The predicted molar refractivity (Wildman–Crippen MR) is 104 cm³/mol. The van der Waals surface area contributed by atoms with E-state index < -0.39 is 5.97 Å². The first-order chi connectivity index (χ1) is 12.2. The zero-order valence-electron chi connectivity index (χ0n) is 13.3. The molecule has 0 aliphatic rings. The van der Waals surface area contributed by atoms with Crippen molar-refractivity contribution in [2.45, 2.75) is 6.42 Å². The maximum absolute atomic E-state index is 10.9. The van der Waals surface area contributed by atoms with Gasteiger partial charge in [0.05, 0.1) is 27.6 Å². The van der Waals surface area contributed by atoms with Gasteiger partial charge in [-0.05, 0) is 52.7 Å². The summed E-state index contributed by atoms with van der Waals surface area (Å²) in [5.41, 5.74) is 4.12. The summed E-state index contributed by atoms with van der Waals surface area (Å²) in [5.74, 6) is -0.813. The molecule has 0 spiro atoms. The largest absolute Gasteiger partial charge is 0.481 e. The van der Waals surface area contributed by atoms with E-state index in [2.05, 4.69) is 51.7 Å². The van der Waals surface area contributed by atoms with Gasteiger partial charge in [-0.15, -0.1) is 22.7 Å². The Morgan fingerprint density at radius 2 is 1.40 bits per heavy atom. The molecule has 0 unspecified atom stereocenters. The number of rotatable bonds is 5. The van der Waals surface area contributed by atoms with Crippen molar-refractivity contribution >= 4 is 28.6 Å². The van der Waals surface area contributed by atoms with Crippen molar-refractivity contribution in [2.24, 2.45) is 0 Å². The number of aliphatic carboxylic acids is 1. The van der Waals surface area contributed by atoms with E-state index in [-0.39, 0.29) is 6.42 Å². The molecule has 3 aromatic heterocycles. The van der Waals surface area contributed by atoms with Crippen LogP contribution in [0.2, 0.25) is 0 Å². The third-order valence-electron chi connectivity index (χ3n) is 3.98. The number of benzene rings is 1. The van der Waals surface area contributed by atoms with Crippen LogP contribution in [-0.2, 0) is 11.2 Å². The Labute approximate surface area is 153 Å². The first-order valence-corrected chi connectivity index (χ1v) is 9.59. The van der Waals surface area contributed by atoms with Gasteiger partial charge in [-0.3, -0.25) is 4.79 Å². The molecule has 0 radical (unpaired) electrons. The van der Waals surface area contributed by atoms with Crippen molar-refractivity contribution in [3.63, 3.8) is 0 Å². The number of carboxylic acid groups (broad SMARTS) is 1. The van der Waals surface area contributed by atoms with Gasteiger partial charge >= 0.3 is 5.97 Å². The molecule has 25 heavy (non-hydrogen) atoms. The Balaban J connectivity index is 1.84. The lowest BCUT2D eigenvalue weighted by Gasteiger charge is -2.13. The Morgan fingerprint density at radius 3 is 1.84 bits per heavy atom. The van der Waals surface area contributed by atoms with Crippen molar-refractivity contribution in [1.82, 2.24) is 4.57 Å². The number of aromatic nitrogens is 1. The molecule has 1 N–H and O–H groups in total. The normalized spacial score (nSPS) is 10.9. The lowest BCUT2D eigenvalue weighted by atomic mass is 10.1. The molecule has 4 aromatic rings. The van der Waals surface area contributed by atoms with Gasteiger partial charge in [0.2, 0.25) is 0 Å². The second-order valence-corrected chi connectivity index (χ2v) is 7.53. The molecule has 0 amide bonds. The van der Waals surface area contributed by atoms with Crippen LogP contribution in [0.1, 0.15) is 5.56 Å². The van der Waals surface area contributed by atoms with Crippen LogP contribution in [0.15, 0.2) is 71.4 Å². The lowest BCUT2D eigenvalue weighted by molar-refractivity contribution is -0.136. The molecule has 0 saturated carbocycles. The molecule has 0 bridgehead atoms. The maximum Gasteiger partial charge on any atom is 0.307 e. The molecular weight excluding hydrogens is 350 g/mol. The molecule has 3 nitrogen and oxygen atoms in total. The second-order valence-electron chi connectivity index (χ2n) is 5.63. The molecule has 1 aromatic carbocycles. The van der Waals surface area contributed by atoms with Crippen LogP contribution in [0.5, 0.6) is 0 Å². The van der Waals surface area contributed by atoms with Gasteiger partial charge in [-0.25, -0.2) is 0 Å². The number of hydrogen-bond donors (Lipinski definition) is 1.